The van der Waals surface area contributed by atoms with Gasteiger partial charge in [-0.25, -0.2) is 24.9 Å². The van der Waals surface area contributed by atoms with Gasteiger partial charge in [0.05, 0.1) is 61.7 Å². The molecule has 0 saturated carbocycles. The summed E-state index contributed by atoms with van der Waals surface area (Å²) in [6, 6.07) is 140. The first-order chi connectivity index (χ1) is 58.0. The molecule has 0 aliphatic rings. The lowest BCUT2D eigenvalue weighted by Gasteiger charge is -2.12. The highest BCUT2D eigenvalue weighted by atomic mass is 16.3. The van der Waals surface area contributed by atoms with Crippen LogP contribution in [0.15, 0.2) is 426 Å². The highest BCUT2D eigenvalue weighted by Crippen LogP contribution is 2.43. The van der Waals surface area contributed by atoms with Gasteiger partial charge in [-0.2, -0.15) is 0 Å². The van der Waals surface area contributed by atoms with E-state index in [1.807, 2.05) is 140 Å². The molecule has 0 saturated heterocycles. The van der Waals surface area contributed by atoms with Crippen molar-refractivity contribution >= 4 is 98.8 Å². The Balaban J connectivity index is 0.000000110. The molecule has 9 nitrogen and oxygen atoms in total. The lowest BCUT2D eigenvalue weighted by molar-refractivity contribution is 0.669. The van der Waals surface area contributed by atoms with E-state index in [4.69, 9.17) is 38.2 Å². The van der Waals surface area contributed by atoms with Crippen LogP contribution in [0.2, 0.25) is 0 Å². The van der Waals surface area contributed by atoms with E-state index >= 15 is 0 Å². The molecular formula is C108H68N6O3. The number of fused-ring (bicyclic) bond motifs is 12. The molecule has 9 heteroatoms. The van der Waals surface area contributed by atoms with Crippen molar-refractivity contribution in [1.29, 1.82) is 0 Å². The normalized spacial score (nSPS) is 11.4. The van der Waals surface area contributed by atoms with Crippen LogP contribution in [-0.2, 0) is 0 Å². The average molecular weight is 1500 g/mol. The summed E-state index contributed by atoms with van der Waals surface area (Å²) in [7, 11) is 0. The molecule has 23 rings (SSSR count). The van der Waals surface area contributed by atoms with Crippen molar-refractivity contribution in [3.05, 3.63) is 413 Å². The molecule has 16 aromatic carbocycles. The minimum absolute atomic E-state index is 0.863. The quantitative estimate of drug-likeness (QED) is 0.125. The summed E-state index contributed by atoms with van der Waals surface area (Å²) in [6.45, 7) is 0. The van der Waals surface area contributed by atoms with Crippen molar-refractivity contribution in [3.8, 4) is 123 Å². The van der Waals surface area contributed by atoms with Crippen LogP contribution in [0.25, 0.3) is 222 Å². The topological polar surface area (TPSA) is 117 Å². The van der Waals surface area contributed by atoms with E-state index < -0.39 is 0 Å². The summed E-state index contributed by atoms with van der Waals surface area (Å²) in [5.41, 5.74) is 32.7. The van der Waals surface area contributed by atoms with Crippen LogP contribution >= 0.6 is 0 Å². The molecule has 0 aliphatic heterocycles. The second-order valence-corrected chi connectivity index (χ2v) is 29.1. The molecule has 0 bridgehead atoms. The maximum Gasteiger partial charge on any atom is 0.143 e. The lowest BCUT2D eigenvalue weighted by Crippen LogP contribution is -1.96. The zero-order valence-electron chi connectivity index (χ0n) is 63.2. The van der Waals surface area contributed by atoms with Gasteiger partial charge in [0.2, 0.25) is 0 Å². The molecule has 0 spiro atoms. The molecule has 0 unspecified atom stereocenters. The van der Waals surface area contributed by atoms with Crippen molar-refractivity contribution in [2.75, 3.05) is 0 Å². The second kappa shape index (κ2) is 30.0. The van der Waals surface area contributed by atoms with Crippen molar-refractivity contribution in [2.24, 2.45) is 0 Å². The van der Waals surface area contributed by atoms with E-state index in [2.05, 4.69) is 278 Å². The number of furan rings is 3. The van der Waals surface area contributed by atoms with Gasteiger partial charge in [-0.05, 0) is 106 Å². The third kappa shape index (κ3) is 13.2. The first-order valence-electron chi connectivity index (χ1n) is 39.2. The predicted octanol–water partition coefficient (Wildman–Crippen LogP) is 28.9. The van der Waals surface area contributed by atoms with Crippen LogP contribution in [-0.4, -0.2) is 29.9 Å². The van der Waals surface area contributed by atoms with E-state index in [0.29, 0.717) is 0 Å². The van der Waals surface area contributed by atoms with E-state index in [1.54, 1.807) is 0 Å². The van der Waals surface area contributed by atoms with Crippen LogP contribution in [0.4, 0.5) is 0 Å². The Morgan fingerprint density at radius 1 is 0.162 bits per heavy atom. The largest absolute Gasteiger partial charge is 0.455 e. The number of benzene rings is 16. The smallest absolute Gasteiger partial charge is 0.143 e. The number of nitrogens with zero attached hydrogens (tertiary/aromatic N) is 6. The van der Waals surface area contributed by atoms with Gasteiger partial charge < -0.3 is 13.3 Å². The summed E-state index contributed by atoms with van der Waals surface area (Å²) in [6.07, 6.45) is 1.83. The number of hydrogen-bond donors (Lipinski definition) is 0. The number of hydrogen-bond acceptors (Lipinski definition) is 9. The SMILES string of the molecule is c1ccc(-c2cccc(-c3nc4ccccc4nc3-c3ccc(-c4cccc5c4oc4ccccc45)cc3)c2)cc1.c1ccc(-c2nc(-c3ccc(-c4cccc5c4oc4ccccc45)cc3)cc3ncccc23)cc1.c1ccc(-c2nc3ccc(-c4ccc(-c5cccc6c5oc5ccccc56)cc4)cc3nc2-c2ccccc2)cc1. The molecule has 0 N–H and O–H groups in total. The molecule has 7 heterocycles. The first kappa shape index (κ1) is 69.1. The molecule has 0 atom stereocenters. The second-order valence-electron chi connectivity index (χ2n) is 29.1. The summed E-state index contributed by atoms with van der Waals surface area (Å²) >= 11 is 0. The Labute approximate surface area is 673 Å². The van der Waals surface area contributed by atoms with E-state index in [-0.39, 0.29) is 0 Å². The fourth-order valence-corrected chi connectivity index (χ4v) is 16.1. The predicted molar refractivity (Wildman–Crippen MR) is 480 cm³/mol. The molecule has 0 fully saturated rings. The Morgan fingerprint density at radius 2 is 0.479 bits per heavy atom. The number of para-hydroxylation sites is 8. The Morgan fingerprint density at radius 3 is 0.966 bits per heavy atom. The fraction of sp³-hybridized carbons (Fsp3) is 0. The highest BCUT2D eigenvalue weighted by molar-refractivity contribution is 6.12. The van der Waals surface area contributed by atoms with Gasteiger partial charge in [0.15, 0.2) is 0 Å². The van der Waals surface area contributed by atoms with E-state index in [9.17, 15) is 0 Å². The molecule has 548 valence electrons. The van der Waals surface area contributed by atoms with Crippen LogP contribution in [0.3, 0.4) is 0 Å². The van der Waals surface area contributed by atoms with Gasteiger partial charge >= 0.3 is 0 Å². The zero-order chi connectivity index (χ0) is 77.5. The van der Waals surface area contributed by atoms with Crippen LogP contribution in [0.1, 0.15) is 0 Å². The number of pyridine rings is 2. The highest BCUT2D eigenvalue weighted by Gasteiger charge is 2.21. The molecule has 7 aromatic heterocycles. The lowest BCUT2D eigenvalue weighted by atomic mass is 9.97. The van der Waals surface area contributed by atoms with Crippen LogP contribution in [0, 0.1) is 0 Å². The molecule has 0 radical (unpaired) electrons. The van der Waals surface area contributed by atoms with Crippen molar-refractivity contribution < 1.29 is 13.3 Å². The standard InChI is InChI=1S/2C38H24N2O.C32H20N2O/c1-3-10-27(11-4-1)36-37(28-12-5-2-6-13-28)40-34-24-29(22-23-33(34)39-36)25-18-20-26(21-19-25)30-15-9-16-32-31-14-7-8-17-35(31)41-38(30)32;1-2-10-25(11-3-1)28-12-8-13-29(24-28)37-36(39-33-17-5-6-18-34(33)40-37)27-22-20-26(21-23-27)30-15-9-16-32-31-14-4-7-19-35(31)41-38(30)32;1-2-8-23(9-3-1)31-27-13-7-19-33-29(27)20-28(34-31)22-17-15-21(16-18-22)24-11-6-12-26-25-10-4-5-14-30(25)35-32(24)26/h2*1-24H;1-20H. The molecule has 117 heavy (non-hydrogen) atoms. The average Bonchev–Trinajstić information content (AvgIpc) is 1.78. The Bertz CT molecular complexity index is 7660. The number of rotatable bonds is 11. The maximum absolute atomic E-state index is 6.30. The van der Waals surface area contributed by atoms with E-state index in [0.717, 1.165) is 216 Å². The summed E-state index contributed by atoms with van der Waals surface area (Å²) in [5.74, 6) is 0. The third-order valence-electron chi connectivity index (χ3n) is 21.9. The monoisotopic (exact) mass is 1500 g/mol. The summed E-state index contributed by atoms with van der Waals surface area (Å²) < 4.78 is 18.8. The minimum atomic E-state index is 0.863. The first-order valence-corrected chi connectivity index (χ1v) is 39.2. The number of aromatic nitrogens is 6. The maximum atomic E-state index is 6.30. The molecule has 23 aromatic rings. The fourth-order valence-electron chi connectivity index (χ4n) is 16.1. The van der Waals surface area contributed by atoms with Gasteiger partial charge in [0, 0.05) is 94.0 Å². The summed E-state index contributed by atoms with van der Waals surface area (Å²) in [5, 5.41) is 7.87. The van der Waals surface area contributed by atoms with Gasteiger partial charge in [-0.1, -0.05) is 340 Å². The van der Waals surface area contributed by atoms with Crippen molar-refractivity contribution in [3.63, 3.8) is 0 Å². The minimum Gasteiger partial charge on any atom is -0.455 e. The Kier molecular flexibility index (Phi) is 17.7. The van der Waals surface area contributed by atoms with Gasteiger partial charge in [0.1, 0.15) is 33.5 Å². The van der Waals surface area contributed by atoms with E-state index in [1.165, 1.54) is 5.56 Å². The zero-order valence-corrected chi connectivity index (χ0v) is 63.2. The van der Waals surface area contributed by atoms with Gasteiger partial charge in [-0.3, -0.25) is 4.98 Å². The van der Waals surface area contributed by atoms with Gasteiger partial charge in [-0.15, -0.1) is 0 Å². The Hall–Kier alpha value is -15.8. The van der Waals surface area contributed by atoms with Crippen molar-refractivity contribution in [1.82, 2.24) is 29.9 Å². The molecular weight excluding hydrogens is 1430 g/mol. The van der Waals surface area contributed by atoms with Crippen LogP contribution < -0.4 is 0 Å². The van der Waals surface area contributed by atoms with Crippen molar-refractivity contribution in [2.45, 2.75) is 0 Å². The van der Waals surface area contributed by atoms with Gasteiger partial charge in [0.25, 0.3) is 0 Å². The van der Waals surface area contributed by atoms with Crippen LogP contribution in [0.5, 0.6) is 0 Å². The molecule has 0 amide bonds. The molecule has 0 aliphatic carbocycles. The third-order valence-corrected chi connectivity index (χ3v) is 21.9. The summed E-state index contributed by atoms with van der Waals surface area (Å²) in [4.78, 5) is 30.2.